The first-order valence-electron chi connectivity index (χ1n) is 14.2. The van der Waals surface area contributed by atoms with Crippen LogP contribution < -0.4 is 11.2 Å². The standard InChI is InChI=1S/C30H28FN5O9S2/c31-21-15-19(37)11-12-20(21)24(47(42,43)44)25(38)33-22-26(39)34-16-30(46-27(22)34,35-13-14-36(32)29(35)41)28(40)45-23(17-7-3-1-4-8-17)18-9-5-2-6-10-18/h1-12,15,22-24,27,37H,13-14,16,32H2,(H,33,38)(H,42,43,44)/t22-,24?,27-,30-/m1/s1. The van der Waals surface area contributed by atoms with E-state index in [0.29, 0.717) is 17.2 Å². The van der Waals surface area contributed by atoms with Crippen LogP contribution in [0.3, 0.4) is 0 Å². The van der Waals surface area contributed by atoms with Gasteiger partial charge < -0.3 is 20.1 Å². The second-order valence-electron chi connectivity index (χ2n) is 11.1. The van der Waals surface area contributed by atoms with Crippen LogP contribution in [0.4, 0.5) is 9.18 Å². The van der Waals surface area contributed by atoms with Gasteiger partial charge in [-0.1, -0.05) is 78.5 Å². The van der Waals surface area contributed by atoms with Gasteiger partial charge in [-0.05, 0) is 17.2 Å². The smallest absolute Gasteiger partial charge is 0.345 e. The van der Waals surface area contributed by atoms with Crippen LogP contribution in [-0.2, 0) is 29.2 Å². The average Bonchev–Trinajstić information content (AvgIpc) is 3.58. The Morgan fingerprint density at radius 2 is 1.64 bits per heavy atom. The summed E-state index contributed by atoms with van der Waals surface area (Å²) in [7, 11) is -5.26. The lowest BCUT2D eigenvalue weighted by molar-refractivity contribution is -0.157. The normalized spacial score (nSPS) is 23.0. The number of phenolic OH excluding ortho intramolecular Hbond substituents is 1. The van der Waals surface area contributed by atoms with E-state index < -0.39 is 78.7 Å². The molecule has 3 aromatic carbocycles. The van der Waals surface area contributed by atoms with Crippen molar-refractivity contribution in [3.63, 3.8) is 0 Å². The number of hydrogen-bond donors (Lipinski definition) is 4. The van der Waals surface area contributed by atoms with Gasteiger partial charge in [-0.15, -0.1) is 0 Å². The first-order valence-corrected chi connectivity index (χ1v) is 16.6. The number of benzene rings is 3. The highest BCUT2D eigenvalue weighted by Gasteiger charge is 2.67. The Labute approximate surface area is 272 Å². The number of rotatable bonds is 9. The summed E-state index contributed by atoms with van der Waals surface area (Å²) in [5.41, 5.74) is 0.517. The van der Waals surface area contributed by atoms with E-state index in [1.165, 1.54) is 9.80 Å². The van der Waals surface area contributed by atoms with Gasteiger partial charge in [0.05, 0.1) is 13.1 Å². The number of ether oxygens (including phenoxy) is 1. The summed E-state index contributed by atoms with van der Waals surface area (Å²) in [6.45, 7) is -0.256. The highest BCUT2D eigenvalue weighted by molar-refractivity contribution is 8.02. The van der Waals surface area contributed by atoms with E-state index in [4.69, 9.17) is 10.6 Å². The number of nitrogens with two attached hydrogens (primary N) is 1. The van der Waals surface area contributed by atoms with Crippen LogP contribution >= 0.6 is 11.8 Å². The molecule has 3 aliphatic heterocycles. The first-order chi connectivity index (χ1) is 22.3. The van der Waals surface area contributed by atoms with Crippen LogP contribution in [0.15, 0.2) is 78.9 Å². The van der Waals surface area contributed by atoms with Crippen molar-refractivity contribution in [2.75, 3.05) is 19.6 Å². The predicted molar refractivity (Wildman–Crippen MR) is 164 cm³/mol. The zero-order chi connectivity index (χ0) is 33.7. The van der Waals surface area contributed by atoms with Crippen molar-refractivity contribution in [1.29, 1.82) is 0 Å². The lowest BCUT2D eigenvalue weighted by atomic mass is 10.0. The molecule has 14 nitrogen and oxygen atoms in total. The van der Waals surface area contributed by atoms with Crippen LogP contribution in [0.1, 0.15) is 28.0 Å². The molecule has 3 aliphatic rings. The number of aromatic hydroxyl groups is 1. The summed E-state index contributed by atoms with van der Waals surface area (Å²) in [4.78, 5) is 54.7. The van der Waals surface area contributed by atoms with Gasteiger partial charge in [-0.25, -0.2) is 19.8 Å². The Morgan fingerprint density at radius 1 is 1.02 bits per heavy atom. The number of urea groups is 1. The molecule has 3 heterocycles. The molecule has 6 rings (SSSR count). The molecular formula is C30H28FN5O9S2. The third-order valence-corrected chi connectivity index (χ3v) is 10.9. The molecule has 47 heavy (non-hydrogen) atoms. The average molecular weight is 686 g/mol. The number of halogens is 1. The third-order valence-electron chi connectivity index (χ3n) is 8.17. The molecule has 4 amide bonds. The molecule has 17 heteroatoms. The predicted octanol–water partition coefficient (Wildman–Crippen LogP) is 1.50. The molecular weight excluding hydrogens is 657 g/mol. The number of hydrogen-bond acceptors (Lipinski definition) is 10. The van der Waals surface area contributed by atoms with E-state index in [1.807, 2.05) is 0 Å². The second kappa shape index (κ2) is 12.1. The Morgan fingerprint density at radius 3 is 2.17 bits per heavy atom. The SMILES string of the molecule is NN1CCN([C@]2(C(=O)OC(c3ccccc3)c3ccccc3)CN3C(=O)[C@@H](NC(=O)C(c4ccc(O)cc4F)S(=O)(=O)O)[C@H]3S2)C1=O. The number of esters is 1. The maximum absolute atomic E-state index is 14.6. The summed E-state index contributed by atoms with van der Waals surface area (Å²) in [5.74, 6) is 1.01. The maximum atomic E-state index is 14.6. The molecule has 0 aromatic heterocycles. The van der Waals surface area contributed by atoms with Crippen molar-refractivity contribution in [3.05, 3.63) is 101 Å². The van der Waals surface area contributed by atoms with E-state index in [2.05, 4.69) is 5.32 Å². The van der Waals surface area contributed by atoms with Crippen LogP contribution in [0.5, 0.6) is 5.75 Å². The van der Waals surface area contributed by atoms with Crippen molar-refractivity contribution in [2.24, 2.45) is 5.84 Å². The molecule has 0 bridgehead atoms. The molecule has 0 radical (unpaired) electrons. The van der Waals surface area contributed by atoms with E-state index in [-0.39, 0.29) is 19.6 Å². The molecule has 1 unspecified atom stereocenters. The number of thioether (sulfide) groups is 1. The minimum atomic E-state index is -5.26. The fourth-order valence-electron chi connectivity index (χ4n) is 5.86. The van der Waals surface area contributed by atoms with E-state index in [0.717, 1.165) is 28.9 Å². The van der Waals surface area contributed by atoms with Crippen LogP contribution in [0.2, 0.25) is 0 Å². The molecule has 0 aliphatic carbocycles. The monoisotopic (exact) mass is 685 g/mol. The maximum Gasteiger partial charge on any atom is 0.345 e. The van der Waals surface area contributed by atoms with Crippen molar-refractivity contribution in [3.8, 4) is 5.75 Å². The Kier molecular flexibility index (Phi) is 8.33. The Balaban J connectivity index is 1.30. The summed E-state index contributed by atoms with van der Waals surface area (Å²) in [5, 5.41) is 9.22. The number of amides is 4. The highest BCUT2D eigenvalue weighted by atomic mass is 32.2. The zero-order valence-corrected chi connectivity index (χ0v) is 25.9. The number of carbonyl (C=O) groups excluding carboxylic acids is 4. The fraction of sp³-hybridized carbons (Fsp3) is 0.267. The highest BCUT2D eigenvalue weighted by Crippen LogP contribution is 2.51. The second-order valence-corrected chi connectivity index (χ2v) is 14.0. The van der Waals surface area contributed by atoms with Crippen LogP contribution in [0, 0.1) is 5.82 Å². The largest absolute Gasteiger partial charge is 0.508 e. The molecule has 4 atom stereocenters. The van der Waals surface area contributed by atoms with Crippen molar-refractivity contribution in [2.45, 2.75) is 27.6 Å². The number of fused-ring (bicyclic) bond motifs is 1. The number of β-lactam (4-membered cyclic amide) rings is 1. The minimum Gasteiger partial charge on any atom is -0.508 e. The molecule has 3 aromatic rings. The summed E-state index contributed by atoms with van der Waals surface area (Å²) >= 11 is 0.845. The van der Waals surface area contributed by atoms with Gasteiger partial charge in [0.1, 0.15) is 23.0 Å². The quantitative estimate of drug-likeness (QED) is 0.0837. The van der Waals surface area contributed by atoms with Gasteiger partial charge in [-0.2, -0.15) is 8.42 Å². The molecule has 3 fully saturated rings. The number of nitrogens with one attached hydrogen (secondary N) is 1. The van der Waals surface area contributed by atoms with E-state index in [9.17, 15) is 41.6 Å². The Hall–Kier alpha value is -4.71. The van der Waals surface area contributed by atoms with Gasteiger partial charge in [0.25, 0.3) is 10.1 Å². The molecule has 246 valence electrons. The van der Waals surface area contributed by atoms with Crippen LogP contribution in [0.25, 0.3) is 0 Å². The summed E-state index contributed by atoms with van der Waals surface area (Å²) < 4.78 is 55.0. The van der Waals surface area contributed by atoms with E-state index >= 15 is 0 Å². The third kappa shape index (κ3) is 5.75. The first kappa shape index (κ1) is 32.2. The van der Waals surface area contributed by atoms with Gasteiger partial charge >= 0.3 is 12.0 Å². The number of carbonyl (C=O) groups is 4. The summed E-state index contributed by atoms with van der Waals surface area (Å²) in [6, 6.07) is 18.0. The fourth-order valence-corrected chi connectivity index (χ4v) is 8.39. The van der Waals surface area contributed by atoms with Gasteiger partial charge in [0, 0.05) is 18.2 Å². The number of hydrazine groups is 1. The number of phenols is 1. The molecule has 3 saturated heterocycles. The van der Waals surface area contributed by atoms with Crippen LogP contribution in [-0.4, -0.2) is 92.6 Å². The van der Waals surface area contributed by atoms with Crippen molar-refractivity contribution < 1.29 is 46.4 Å². The van der Waals surface area contributed by atoms with E-state index in [1.54, 1.807) is 60.7 Å². The molecule has 0 saturated carbocycles. The molecule has 0 spiro atoms. The summed E-state index contributed by atoms with van der Waals surface area (Å²) in [6.07, 6.45) is -0.899. The topological polar surface area (TPSA) is 200 Å². The zero-order valence-electron chi connectivity index (χ0n) is 24.3. The van der Waals surface area contributed by atoms with Crippen molar-refractivity contribution in [1.82, 2.24) is 20.1 Å². The van der Waals surface area contributed by atoms with Gasteiger partial charge in [0.2, 0.25) is 16.7 Å². The van der Waals surface area contributed by atoms with Gasteiger partial charge in [0.15, 0.2) is 11.4 Å². The lowest BCUT2D eigenvalue weighted by Crippen LogP contribution is -2.68. The minimum absolute atomic E-state index is 0.00943. The molecule has 5 N–H and O–H groups in total. The van der Waals surface area contributed by atoms with Crippen molar-refractivity contribution >= 4 is 45.7 Å². The Bertz CT molecular complexity index is 1810. The van der Waals surface area contributed by atoms with Gasteiger partial charge in [-0.3, -0.25) is 24.1 Å². The number of nitrogens with zero attached hydrogens (tertiary/aromatic N) is 3. The lowest BCUT2D eigenvalue weighted by Gasteiger charge is -2.41.